The zero-order valence-corrected chi connectivity index (χ0v) is 31.0. The standard InChI is InChI=1S/C37H63NO2S2/c1-15-26(2)35(4,5)24-32(29-18-21-33-34(22-29)40-25-39-33)37(8,9)36(6,7)23-31(27(3)38)28-16-19-30(20-17-28)42(13,14)41(10,11)12/h16-22,26-27,31-32H,15,23-25,38H2,1-14H3. The smallest absolute Gasteiger partial charge is 0.231 e. The van der Waals surface area contributed by atoms with E-state index in [2.05, 4.69) is 136 Å². The molecular formula is C37H63NO2S2. The van der Waals surface area contributed by atoms with Crippen LogP contribution >= 0.6 is 18.1 Å². The van der Waals surface area contributed by atoms with E-state index in [9.17, 15) is 0 Å². The number of benzene rings is 2. The van der Waals surface area contributed by atoms with E-state index in [0.717, 1.165) is 24.3 Å². The number of hydrogen-bond acceptors (Lipinski definition) is 3. The Bertz CT molecular complexity index is 1190. The minimum atomic E-state index is -0.838. The van der Waals surface area contributed by atoms with Gasteiger partial charge in [0.15, 0.2) is 11.5 Å². The molecule has 0 saturated carbocycles. The Labute approximate surface area is 262 Å². The molecule has 4 atom stereocenters. The molecule has 0 bridgehead atoms. The Morgan fingerprint density at radius 1 is 0.786 bits per heavy atom. The Hall–Kier alpha value is -1.30. The first-order chi connectivity index (χ1) is 19.2. The number of nitrogens with two attached hydrogens (primary N) is 1. The van der Waals surface area contributed by atoms with E-state index < -0.39 is 18.1 Å². The molecule has 1 aliphatic heterocycles. The van der Waals surface area contributed by atoms with E-state index in [1.54, 1.807) is 0 Å². The summed E-state index contributed by atoms with van der Waals surface area (Å²) in [5.41, 5.74) is 9.72. The van der Waals surface area contributed by atoms with Gasteiger partial charge >= 0.3 is 0 Å². The maximum atomic E-state index is 6.80. The molecule has 0 aromatic heterocycles. The van der Waals surface area contributed by atoms with Crippen LogP contribution in [0.4, 0.5) is 0 Å². The van der Waals surface area contributed by atoms with Crippen molar-refractivity contribution in [3.63, 3.8) is 0 Å². The highest BCUT2D eigenvalue weighted by Crippen LogP contribution is 2.76. The SMILES string of the molecule is CCC(C)C(C)(C)CC(c1ccc2c(c1)OCO2)C(C)(C)C(C)(C)CC(c1ccc(S(C)(C)S(C)(C)C)cc1)C(C)N. The summed E-state index contributed by atoms with van der Waals surface area (Å²) in [5, 5.41) is 0. The summed E-state index contributed by atoms with van der Waals surface area (Å²) in [6.07, 6.45) is 15.6. The molecule has 5 heteroatoms. The Kier molecular flexibility index (Phi) is 10.6. The summed E-state index contributed by atoms with van der Waals surface area (Å²) in [6, 6.07) is 16.3. The maximum Gasteiger partial charge on any atom is 0.231 e. The van der Waals surface area contributed by atoms with Crippen molar-refractivity contribution in [1.82, 2.24) is 0 Å². The van der Waals surface area contributed by atoms with E-state index in [-0.39, 0.29) is 28.2 Å². The highest BCUT2D eigenvalue weighted by molar-refractivity contribution is 9.07. The van der Waals surface area contributed by atoms with Crippen LogP contribution in [0.2, 0.25) is 0 Å². The molecule has 3 rings (SSSR count). The van der Waals surface area contributed by atoms with Crippen molar-refractivity contribution in [3.05, 3.63) is 53.6 Å². The van der Waals surface area contributed by atoms with Crippen LogP contribution in [0.3, 0.4) is 0 Å². The van der Waals surface area contributed by atoms with Crippen LogP contribution in [0.25, 0.3) is 0 Å². The minimum absolute atomic E-state index is 0.0105. The molecule has 0 fully saturated rings. The van der Waals surface area contributed by atoms with Crippen molar-refractivity contribution >= 4 is 18.1 Å². The lowest BCUT2D eigenvalue weighted by Crippen LogP contribution is -2.43. The van der Waals surface area contributed by atoms with Gasteiger partial charge in [0.05, 0.1) is 0 Å². The van der Waals surface area contributed by atoms with Crippen LogP contribution in [-0.4, -0.2) is 44.1 Å². The van der Waals surface area contributed by atoms with Gasteiger partial charge in [0, 0.05) is 6.04 Å². The Balaban J connectivity index is 2.01. The molecule has 3 nitrogen and oxygen atoms in total. The van der Waals surface area contributed by atoms with E-state index in [0.29, 0.717) is 18.6 Å². The highest BCUT2D eigenvalue weighted by Gasteiger charge is 2.47. The summed E-state index contributed by atoms with van der Waals surface area (Å²) < 4.78 is 11.5. The van der Waals surface area contributed by atoms with Crippen molar-refractivity contribution in [1.29, 1.82) is 0 Å². The predicted molar refractivity (Wildman–Crippen MR) is 191 cm³/mol. The first-order valence-electron chi connectivity index (χ1n) is 15.8. The molecule has 2 aromatic carbocycles. The van der Waals surface area contributed by atoms with Gasteiger partial charge in [-0.05, 0) is 125 Å². The third kappa shape index (κ3) is 7.15. The monoisotopic (exact) mass is 617 g/mol. The van der Waals surface area contributed by atoms with Crippen molar-refractivity contribution in [2.24, 2.45) is 27.9 Å². The molecule has 42 heavy (non-hydrogen) atoms. The number of fused-ring (bicyclic) bond motifs is 1. The van der Waals surface area contributed by atoms with Crippen molar-refractivity contribution in [2.45, 2.75) is 104 Å². The van der Waals surface area contributed by atoms with Gasteiger partial charge < -0.3 is 15.2 Å². The minimum Gasteiger partial charge on any atom is -0.454 e. The third-order valence-corrected chi connectivity index (χ3v) is 23.6. The first kappa shape index (κ1) is 35.2. The molecule has 0 saturated heterocycles. The molecule has 0 radical (unpaired) electrons. The third-order valence-electron chi connectivity index (χ3n) is 11.6. The van der Waals surface area contributed by atoms with Crippen LogP contribution in [0.1, 0.15) is 105 Å². The van der Waals surface area contributed by atoms with E-state index in [1.165, 1.54) is 22.4 Å². The Morgan fingerprint density at radius 2 is 1.33 bits per heavy atom. The number of ether oxygens (including phenoxy) is 2. The van der Waals surface area contributed by atoms with Crippen molar-refractivity contribution in [3.8, 4) is 11.5 Å². The zero-order chi connectivity index (χ0) is 31.9. The first-order valence-corrected chi connectivity index (χ1v) is 21.6. The van der Waals surface area contributed by atoms with Gasteiger partial charge in [-0.2, -0.15) is 9.06 Å². The van der Waals surface area contributed by atoms with E-state index in [1.807, 2.05) is 0 Å². The van der Waals surface area contributed by atoms with Gasteiger partial charge in [0.2, 0.25) is 6.79 Å². The lowest BCUT2D eigenvalue weighted by Gasteiger charge is -2.52. The fourth-order valence-electron chi connectivity index (χ4n) is 6.42. The molecule has 4 unspecified atom stereocenters. The quantitative estimate of drug-likeness (QED) is 0.227. The van der Waals surface area contributed by atoms with Crippen LogP contribution in [0, 0.1) is 22.2 Å². The number of hydrogen-bond donors (Lipinski definition) is 1. The Morgan fingerprint density at radius 3 is 1.86 bits per heavy atom. The average molecular weight is 618 g/mol. The molecule has 0 aliphatic carbocycles. The summed E-state index contributed by atoms with van der Waals surface area (Å²) in [5.74, 6) is 3.00. The van der Waals surface area contributed by atoms with Crippen LogP contribution in [-0.2, 0) is 0 Å². The second kappa shape index (κ2) is 12.6. The lowest BCUT2D eigenvalue weighted by molar-refractivity contribution is 0.0292. The molecular weight excluding hydrogens is 555 g/mol. The summed E-state index contributed by atoms with van der Waals surface area (Å²) in [7, 11) is -1.51. The lowest BCUT2D eigenvalue weighted by atomic mass is 9.53. The van der Waals surface area contributed by atoms with Gasteiger partial charge in [-0.25, -0.2) is 9.06 Å². The fraction of sp³-hybridized carbons (Fsp3) is 0.676. The molecule has 0 amide bonds. The van der Waals surface area contributed by atoms with Crippen molar-refractivity contribution < 1.29 is 9.47 Å². The van der Waals surface area contributed by atoms with Gasteiger partial charge in [-0.15, -0.1) is 0 Å². The summed E-state index contributed by atoms with van der Waals surface area (Å²) >= 11 is 0. The maximum absolute atomic E-state index is 6.80. The summed E-state index contributed by atoms with van der Waals surface area (Å²) in [4.78, 5) is 1.51. The second-order valence-corrected chi connectivity index (χ2v) is 27.9. The average Bonchev–Trinajstić information content (AvgIpc) is 3.37. The van der Waals surface area contributed by atoms with E-state index in [4.69, 9.17) is 15.2 Å². The zero-order valence-electron chi connectivity index (χ0n) is 29.4. The van der Waals surface area contributed by atoms with Crippen LogP contribution < -0.4 is 15.2 Å². The molecule has 1 aliphatic rings. The normalized spacial score (nSPS) is 18.4. The van der Waals surface area contributed by atoms with Crippen LogP contribution in [0.5, 0.6) is 11.5 Å². The molecule has 0 spiro atoms. The van der Waals surface area contributed by atoms with Crippen molar-refractivity contribution in [2.75, 3.05) is 38.1 Å². The molecule has 2 aromatic rings. The fourth-order valence-corrected chi connectivity index (χ4v) is 9.86. The highest BCUT2D eigenvalue weighted by atomic mass is 33.2. The molecule has 1 heterocycles. The summed E-state index contributed by atoms with van der Waals surface area (Å²) in [6.45, 7) is 22.1. The van der Waals surface area contributed by atoms with Gasteiger partial charge in [-0.1, -0.05) is 80.0 Å². The van der Waals surface area contributed by atoms with Gasteiger partial charge in [0.25, 0.3) is 0 Å². The molecule has 240 valence electrons. The van der Waals surface area contributed by atoms with Gasteiger partial charge in [0.1, 0.15) is 0 Å². The van der Waals surface area contributed by atoms with Gasteiger partial charge in [-0.3, -0.25) is 0 Å². The second-order valence-electron chi connectivity index (χ2n) is 16.0. The van der Waals surface area contributed by atoms with E-state index >= 15 is 0 Å². The van der Waals surface area contributed by atoms with Crippen LogP contribution in [0.15, 0.2) is 47.4 Å². The predicted octanol–water partition coefficient (Wildman–Crippen LogP) is 10.6. The largest absolute Gasteiger partial charge is 0.454 e. The molecule has 2 N–H and O–H groups in total. The topological polar surface area (TPSA) is 44.5 Å². The number of rotatable bonds is 13.